The van der Waals surface area contributed by atoms with Crippen LogP contribution in [0.2, 0.25) is 0 Å². The topological polar surface area (TPSA) is 26.0 Å². The molecule has 0 radical (unpaired) electrons. The summed E-state index contributed by atoms with van der Waals surface area (Å²) in [4.78, 5) is 0. The molecule has 0 heterocycles. The van der Waals surface area contributed by atoms with Gasteiger partial charge in [-0.05, 0) is 49.8 Å². The summed E-state index contributed by atoms with van der Waals surface area (Å²) in [6.45, 7) is 2.10. The first kappa shape index (κ1) is 12.8. The first-order valence-corrected chi connectivity index (χ1v) is 7.18. The van der Waals surface area contributed by atoms with Crippen molar-refractivity contribution in [3.8, 4) is 0 Å². The van der Waals surface area contributed by atoms with Crippen LogP contribution in [0.1, 0.15) is 49.3 Å². The van der Waals surface area contributed by atoms with E-state index in [0.717, 1.165) is 10.9 Å². The molecule has 1 aromatic carbocycles. The van der Waals surface area contributed by atoms with Crippen molar-refractivity contribution < 1.29 is 0 Å². The largest absolute Gasteiger partial charge is 0.321 e. The van der Waals surface area contributed by atoms with Crippen LogP contribution in [0, 0.1) is 6.92 Å². The summed E-state index contributed by atoms with van der Waals surface area (Å²) < 4.78 is 1.15. The van der Waals surface area contributed by atoms with Gasteiger partial charge in [-0.3, -0.25) is 0 Å². The van der Waals surface area contributed by atoms with Gasteiger partial charge < -0.3 is 5.73 Å². The second-order valence-corrected chi connectivity index (χ2v) is 5.72. The van der Waals surface area contributed by atoms with Gasteiger partial charge in [0, 0.05) is 4.47 Å². The van der Waals surface area contributed by atoms with E-state index in [0.29, 0.717) is 0 Å². The average molecular weight is 294 g/mol. The lowest BCUT2D eigenvalue weighted by Crippen LogP contribution is -2.13. The molecule has 92 valence electrons. The van der Waals surface area contributed by atoms with Gasteiger partial charge in [-0.25, -0.2) is 0 Å². The summed E-state index contributed by atoms with van der Waals surface area (Å²) in [6.07, 6.45) is 8.64. The Labute approximate surface area is 112 Å². The van der Waals surface area contributed by atoms with Crippen molar-refractivity contribution in [3.05, 3.63) is 45.4 Å². The second kappa shape index (κ2) is 5.83. The molecule has 1 nitrogen and oxygen atoms in total. The first-order valence-electron chi connectivity index (χ1n) is 6.39. The third kappa shape index (κ3) is 3.20. The van der Waals surface area contributed by atoms with Crippen molar-refractivity contribution in [2.24, 2.45) is 5.73 Å². The first-order chi connectivity index (χ1) is 8.18. The molecule has 17 heavy (non-hydrogen) atoms. The van der Waals surface area contributed by atoms with Crippen LogP contribution >= 0.6 is 15.9 Å². The number of aryl methyl sites for hydroxylation is 1. The molecule has 1 aliphatic carbocycles. The molecule has 0 fully saturated rings. The van der Waals surface area contributed by atoms with Crippen LogP contribution in [-0.4, -0.2) is 0 Å². The van der Waals surface area contributed by atoms with Crippen molar-refractivity contribution >= 4 is 15.9 Å². The van der Waals surface area contributed by atoms with Crippen LogP contribution in [0.15, 0.2) is 34.3 Å². The van der Waals surface area contributed by atoms with E-state index in [9.17, 15) is 0 Å². The minimum atomic E-state index is 0.0741. The van der Waals surface area contributed by atoms with Gasteiger partial charge in [-0.15, -0.1) is 0 Å². The van der Waals surface area contributed by atoms with Crippen molar-refractivity contribution in [3.63, 3.8) is 0 Å². The summed E-state index contributed by atoms with van der Waals surface area (Å²) in [6, 6.07) is 6.52. The van der Waals surface area contributed by atoms with Gasteiger partial charge in [0.2, 0.25) is 0 Å². The lowest BCUT2D eigenvalue weighted by atomic mass is 9.95. The average Bonchev–Trinajstić information content (AvgIpc) is 2.60. The SMILES string of the molecule is Cc1ccc(C(N)C2=CCCCCC2)cc1Br. The molecule has 2 N–H and O–H groups in total. The molecule has 0 aliphatic heterocycles. The molecule has 0 bridgehead atoms. The summed E-state index contributed by atoms with van der Waals surface area (Å²) in [5.41, 5.74) is 10.3. The highest BCUT2D eigenvalue weighted by atomic mass is 79.9. The summed E-state index contributed by atoms with van der Waals surface area (Å²) in [7, 11) is 0. The predicted octanol–water partition coefficient (Wildman–Crippen LogP) is 4.65. The van der Waals surface area contributed by atoms with Crippen LogP contribution in [0.25, 0.3) is 0 Å². The molecular weight excluding hydrogens is 274 g/mol. The Morgan fingerprint density at radius 2 is 2.06 bits per heavy atom. The van der Waals surface area contributed by atoms with E-state index < -0.39 is 0 Å². The Kier molecular flexibility index (Phi) is 4.41. The Morgan fingerprint density at radius 1 is 1.24 bits per heavy atom. The fraction of sp³-hybridized carbons (Fsp3) is 0.467. The maximum Gasteiger partial charge on any atom is 0.0511 e. The molecule has 1 unspecified atom stereocenters. The molecule has 0 saturated heterocycles. The molecule has 2 heteroatoms. The Bertz CT molecular complexity index is 423. The van der Waals surface area contributed by atoms with Crippen molar-refractivity contribution in [1.82, 2.24) is 0 Å². The maximum absolute atomic E-state index is 6.37. The van der Waals surface area contributed by atoms with Crippen LogP contribution in [0.3, 0.4) is 0 Å². The Morgan fingerprint density at radius 3 is 2.82 bits per heavy atom. The van der Waals surface area contributed by atoms with Crippen molar-refractivity contribution in [2.45, 2.75) is 45.1 Å². The minimum absolute atomic E-state index is 0.0741. The standard InChI is InChI=1S/C15H20BrN/c1-11-8-9-13(10-14(11)16)15(17)12-6-4-2-3-5-7-12/h6,8-10,15H,2-5,7,17H2,1H3. The summed E-state index contributed by atoms with van der Waals surface area (Å²) in [5.74, 6) is 0. The van der Waals surface area contributed by atoms with E-state index in [1.165, 1.54) is 42.4 Å². The lowest BCUT2D eigenvalue weighted by molar-refractivity contribution is 0.688. The van der Waals surface area contributed by atoms with Gasteiger partial charge in [-0.1, -0.05) is 46.1 Å². The molecule has 0 aromatic heterocycles. The molecule has 1 aliphatic rings. The van der Waals surface area contributed by atoms with Crippen molar-refractivity contribution in [2.75, 3.05) is 0 Å². The fourth-order valence-electron chi connectivity index (χ4n) is 2.34. The molecule has 1 aromatic rings. The van der Waals surface area contributed by atoms with E-state index in [-0.39, 0.29) is 6.04 Å². The van der Waals surface area contributed by atoms with Crippen LogP contribution in [0.4, 0.5) is 0 Å². The molecular formula is C15H20BrN. The Balaban J connectivity index is 2.20. The molecule has 0 amide bonds. The van der Waals surface area contributed by atoms with Gasteiger partial charge in [0.25, 0.3) is 0 Å². The number of halogens is 1. The van der Waals surface area contributed by atoms with Gasteiger partial charge in [0.1, 0.15) is 0 Å². The number of nitrogens with two attached hydrogens (primary N) is 1. The second-order valence-electron chi connectivity index (χ2n) is 4.86. The van der Waals surface area contributed by atoms with E-state index in [1.54, 1.807) is 0 Å². The van der Waals surface area contributed by atoms with Gasteiger partial charge in [0.15, 0.2) is 0 Å². The number of benzene rings is 1. The molecule has 1 atom stereocenters. The van der Waals surface area contributed by atoms with Gasteiger partial charge in [0.05, 0.1) is 6.04 Å². The monoisotopic (exact) mass is 293 g/mol. The highest BCUT2D eigenvalue weighted by molar-refractivity contribution is 9.10. The van der Waals surface area contributed by atoms with E-state index in [4.69, 9.17) is 5.73 Å². The van der Waals surface area contributed by atoms with Crippen molar-refractivity contribution in [1.29, 1.82) is 0 Å². The van der Waals surface area contributed by atoms with Crippen LogP contribution in [0.5, 0.6) is 0 Å². The van der Waals surface area contributed by atoms with E-state index in [2.05, 4.69) is 47.1 Å². The van der Waals surface area contributed by atoms with Gasteiger partial charge >= 0.3 is 0 Å². The minimum Gasteiger partial charge on any atom is -0.321 e. The quantitative estimate of drug-likeness (QED) is 0.790. The Hall–Kier alpha value is -0.600. The number of rotatable bonds is 2. The summed E-state index contributed by atoms with van der Waals surface area (Å²) in [5, 5.41) is 0. The molecule has 2 rings (SSSR count). The fourth-order valence-corrected chi connectivity index (χ4v) is 2.74. The highest BCUT2D eigenvalue weighted by Gasteiger charge is 2.13. The third-order valence-electron chi connectivity index (χ3n) is 3.53. The van der Waals surface area contributed by atoms with Crippen LogP contribution in [-0.2, 0) is 0 Å². The van der Waals surface area contributed by atoms with Crippen LogP contribution < -0.4 is 5.73 Å². The number of allylic oxidation sites excluding steroid dienone is 1. The van der Waals surface area contributed by atoms with Gasteiger partial charge in [-0.2, -0.15) is 0 Å². The zero-order chi connectivity index (χ0) is 12.3. The van der Waals surface area contributed by atoms with E-state index >= 15 is 0 Å². The third-order valence-corrected chi connectivity index (χ3v) is 4.38. The lowest BCUT2D eigenvalue weighted by Gasteiger charge is -2.16. The van der Waals surface area contributed by atoms with E-state index in [1.807, 2.05) is 0 Å². The predicted molar refractivity (Wildman–Crippen MR) is 77.0 cm³/mol. The maximum atomic E-state index is 6.37. The smallest absolute Gasteiger partial charge is 0.0511 e. The molecule has 0 spiro atoms. The summed E-state index contributed by atoms with van der Waals surface area (Å²) >= 11 is 3.58. The normalized spacial score (nSPS) is 18.4. The number of hydrogen-bond donors (Lipinski definition) is 1. The highest BCUT2D eigenvalue weighted by Crippen LogP contribution is 2.29. The zero-order valence-corrected chi connectivity index (χ0v) is 12.0. The number of hydrogen-bond acceptors (Lipinski definition) is 1. The molecule has 0 saturated carbocycles. The zero-order valence-electron chi connectivity index (χ0n) is 10.4.